The monoisotopic (exact) mass is 280 g/mol. The lowest BCUT2D eigenvalue weighted by atomic mass is 10.1. The molecule has 1 amide bonds. The topological polar surface area (TPSA) is 72.9 Å². The Morgan fingerprint density at radius 2 is 2.00 bits per heavy atom. The number of nitrogens with one attached hydrogen (secondary N) is 1. The molecule has 0 bridgehead atoms. The van der Waals surface area contributed by atoms with E-state index in [1.807, 2.05) is 0 Å². The fraction of sp³-hybridized carbons (Fsp3) is 0.231. The molecule has 0 radical (unpaired) electrons. The van der Waals surface area contributed by atoms with E-state index in [0.717, 1.165) is 6.07 Å². The lowest BCUT2D eigenvalue weighted by Gasteiger charge is -2.05. The van der Waals surface area contributed by atoms with Gasteiger partial charge in [-0.2, -0.15) is 5.10 Å². The number of nitrogen functional groups attached to an aromatic ring is 1. The van der Waals surface area contributed by atoms with Gasteiger partial charge >= 0.3 is 0 Å². The zero-order valence-corrected chi connectivity index (χ0v) is 10.9. The second-order valence-electron chi connectivity index (χ2n) is 4.35. The van der Waals surface area contributed by atoms with Gasteiger partial charge in [-0.1, -0.05) is 0 Å². The fourth-order valence-electron chi connectivity index (χ4n) is 1.79. The highest BCUT2D eigenvalue weighted by Gasteiger charge is 2.12. The third-order valence-electron chi connectivity index (χ3n) is 2.85. The third kappa shape index (κ3) is 3.11. The minimum absolute atomic E-state index is 0.246. The summed E-state index contributed by atoms with van der Waals surface area (Å²) in [5.41, 5.74) is 6.42. The van der Waals surface area contributed by atoms with Gasteiger partial charge in [0.1, 0.15) is 23.0 Å². The summed E-state index contributed by atoms with van der Waals surface area (Å²) in [7, 11) is 1.63. The number of aryl methyl sites for hydroxylation is 1. The molecule has 1 aromatic carbocycles. The van der Waals surface area contributed by atoms with Crippen LogP contribution in [0.1, 0.15) is 15.9 Å². The van der Waals surface area contributed by atoms with Crippen molar-refractivity contribution in [1.29, 1.82) is 0 Å². The summed E-state index contributed by atoms with van der Waals surface area (Å²) in [4.78, 5) is 11.8. The number of rotatable bonds is 4. The van der Waals surface area contributed by atoms with Gasteiger partial charge in [0, 0.05) is 19.7 Å². The number of anilines is 1. The molecular weight excluding hydrogens is 266 g/mol. The highest BCUT2D eigenvalue weighted by molar-refractivity contribution is 5.98. The molecule has 2 rings (SSSR count). The Labute approximate surface area is 114 Å². The van der Waals surface area contributed by atoms with Crippen molar-refractivity contribution in [2.24, 2.45) is 7.05 Å². The first kappa shape index (κ1) is 14.0. The molecule has 0 saturated carbocycles. The average Bonchev–Trinajstić information content (AvgIpc) is 2.69. The van der Waals surface area contributed by atoms with Gasteiger partial charge in [0.25, 0.3) is 5.91 Å². The van der Waals surface area contributed by atoms with E-state index in [4.69, 9.17) is 5.73 Å². The van der Waals surface area contributed by atoms with Crippen LogP contribution in [0.5, 0.6) is 0 Å². The number of hydrogen-bond acceptors (Lipinski definition) is 3. The van der Waals surface area contributed by atoms with Crippen LogP contribution in [-0.4, -0.2) is 22.2 Å². The molecule has 0 fully saturated rings. The van der Waals surface area contributed by atoms with Gasteiger partial charge in [0.2, 0.25) is 0 Å². The van der Waals surface area contributed by atoms with Crippen LogP contribution in [0.3, 0.4) is 0 Å². The van der Waals surface area contributed by atoms with E-state index in [2.05, 4.69) is 10.4 Å². The first-order valence-corrected chi connectivity index (χ1v) is 5.98. The molecule has 0 aliphatic carbocycles. The van der Waals surface area contributed by atoms with Gasteiger partial charge in [-0.15, -0.1) is 0 Å². The van der Waals surface area contributed by atoms with Crippen molar-refractivity contribution in [2.45, 2.75) is 6.42 Å². The smallest absolute Gasteiger partial charge is 0.256 e. The van der Waals surface area contributed by atoms with Crippen LogP contribution >= 0.6 is 0 Å². The number of carbonyl (C=O) groups excluding carboxylic acids is 1. The van der Waals surface area contributed by atoms with Gasteiger partial charge < -0.3 is 11.1 Å². The number of amides is 1. The van der Waals surface area contributed by atoms with E-state index >= 15 is 0 Å². The second-order valence-corrected chi connectivity index (χ2v) is 4.35. The van der Waals surface area contributed by atoms with Crippen LogP contribution in [-0.2, 0) is 13.5 Å². The molecule has 7 heteroatoms. The summed E-state index contributed by atoms with van der Waals surface area (Å²) in [5, 5.41) is 6.48. The Morgan fingerprint density at radius 3 is 2.55 bits per heavy atom. The van der Waals surface area contributed by atoms with Crippen LogP contribution in [0.2, 0.25) is 0 Å². The molecule has 0 atom stereocenters. The normalized spacial score (nSPS) is 10.6. The van der Waals surface area contributed by atoms with Gasteiger partial charge in [0.15, 0.2) is 0 Å². The van der Waals surface area contributed by atoms with Crippen molar-refractivity contribution in [2.75, 3.05) is 12.3 Å². The largest absolute Gasteiger partial charge is 0.383 e. The number of nitrogens with zero attached hydrogens (tertiary/aromatic N) is 2. The molecule has 0 aliphatic heterocycles. The van der Waals surface area contributed by atoms with E-state index in [-0.39, 0.29) is 23.8 Å². The van der Waals surface area contributed by atoms with Crippen LogP contribution in [0, 0.1) is 11.6 Å². The predicted molar refractivity (Wildman–Crippen MR) is 70.0 cm³/mol. The maximum absolute atomic E-state index is 13.0. The van der Waals surface area contributed by atoms with Gasteiger partial charge in [-0.3, -0.25) is 9.48 Å². The molecule has 1 aromatic heterocycles. The SMILES string of the molecule is Cn1ncc(C(=O)NCCc2cc(F)cc(F)c2)c1N. The average molecular weight is 280 g/mol. The summed E-state index contributed by atoms with van der Waals surface area (Å²) in [5.74, 6) is -1.38. The number of hydrogen-bond donors (Lipinski definition) is 2. The quantitative estimate of drug-likeness (QED) is 0.885. The highest BCUT2D eigenvalue weighted by Crippen LogP contribution is 2.10. The summed E-state index contributed by atoms with van der Waals surface area (Å²) in [6.07, 6.45) is 1.69. The molecule has 106 valence electrons. The second kappa shape index (κ2) is 5.68. The highest BCUT2D eigenvalue weighted by atomic mass is 19.1. The van der Waals surface area contributed by atoms with E-state index in [0.29, 0.717) is 12.0 Å². The molecule has 5 nitrogen and oxygen atoms in total. The zero-order valence-electron chi connectivity index (χ0n) is 10.9. The summed E-state index contributed by atoms with van der Waals surface area (Å²) < 4.78 is 27.3. The lowest BCUT2D eigenvalue weighted by Crippen LogP contribution is -2.26. The molecule has 0 unspecified atom stereocenters. The molecule has 0 saturated heterocycles. The first-order valence-electron chi connectivity index (χ1n) is 5.98. The van der Waals surface area contributed by atoms with Gasteiger partial charge in [-0.05, 0) is 24.1 Å². The Hall–Kier alpha value is -2.44. The van der Waals surface area contributed by atoms with Crippen molar-refractivity contribution >= 4 is 11.7 Å². The van der Waals surface area contributed by atoms with Crippen LogP contribution < -0.4 is 11.1 Å². The van der Waals surface area contributed by atoms with Gasteiger partial charge in [-0.25, -0.2) is 8.78 Å². The van der Waals surface area contributed by atoms with Crippen molar-refractivity contribution in [1.82, 2.24) is 15.1 Å². The van der Waals surface area contributed by atoms with Crippen LogP contribution in [0.25, 0.3) is 0 Å². The van der Waals surface area contributed by atoms with Gasteiger partial charge in [0.05, 0.1) is 6.20 Å². The van der Waals surface area contributed by atoms with E-state index in [1.165, 1.54) is 23.0 Å². The fourth-order valence-corrected chi connectivity index (χ4v) is 1.79. The number of halogens is 2. The zero-order chi connectivity index (χ0) is 14.7. The van der Waals surface area contributed by atoms with Crippen molar-refractivity contribution in [3.63, 3.8) is 0 Å². The Balaban J connectivity index is 1.93. The van der Waals surface area contributed by atoms with Crippen molar-refractivity contribution in [3.8, 4) is 0 Å². The predicted octanol–water partition coefficient (Wildman–Crippen LogP) is 1.25. The van der Waals surface area contributed by atoms with E-state index < -0.39 is 11.6 Å². The maximum Gasteiger partial charge on any atom is 0.256 e. The number of benzene rings is 1. The maximum atomic E-state index is 13.0. The third-order valence-corrected chi connectivity index (χ3v) is 2.85. The molecule has 3 N–H and O–H groups in total. The Bertz CT molecular complexity index is 619. The van der Waals surface area contributed by atoms with E-state index in [1.54, 1.807) is 7.05 Å². The minimum atomic E-state index is -0.636. The summed E-state index contributed by atoms with van der Waals surface area (Å²) in [6, 6.07) is 3.26. The molecule has 1 heterocycles. The van der Waals surface area contributed by atoms with Crippen LogP contribution in [0.15, 0.2) is 24.4 Å². The number of aromatic nitrogens is 2. The standard InChI is InChI=1S/C13H14F2N4O/c1-19-12(16)11(7-18-19)13(20)17-3-2-8-4-9(14)6-10(15)5-8/h4-7H,2-3,16H2,1H3,(H,17,20). The van der Waals surface area contributed by atoms with Crippen molar-refractivity contribution in [3.05, 3.63) is 47.2 Å². The lowest BCUT2D eigenvalue weighted by molar-refractivity contribution is 0.0955. The molecule has 2 aromatic rings. The minimum Gasteiger partial charge on any atom is -0.383 e. The summed E-state index contributed by atoms with van der Waals surface area (Å²) in [6.45, 7) is 0.246. The molecule has 0 aliphatic rings. The Morgan fingerprint density at radius 1 is 1.35 bits per heavy atom. The number of carbonyl (C=O) groups is 1. The Kier molecular flexibility index (Phi) is 3.97. The van der Waals surface area contributed by atoms with Crippen LogP contribution in [0.4, 0.5) is 14.6 Å². The molecule has 20 heavy (non-hydrogen) atoms. The first-order chi connectivity index (χ1) is 9.47. The van der Waals surface area contributed by atoms with E-state index in [9.17, 15) is 13.6 Å². The molecule has 0 spiro atoms. The summed E-state index contributed by atoms with van der Waals surface area (Å²) >= 11 is 0. The number of nitrogens with two attached hydrogens (primary N) is 1. The van der Waals surface area contributed by atoms with Crippen molar-refractivity contribution < 1.29 is 13.6 Å². The molecular formula is C13H14F2N4O.